The minimum atomic E-state index is 0. The van der Waals surface area contributed by atoms with Gasteiger partial charge in [0.15, 0.2) is 0 Å². The average molecular weight is 202 g/mol. The van der Waals surface area contributed by atoms with Crippen molar-refractivity contribution in [2.24, 2.45) is 0 Å². The Hall–Kier alpha value is -0.890. The quantitative estimate of drug-likeness (QED) is 0.812. The van der Waals surface area contributed by atoms with Crippen LogP contribution in [-0.2, 0) is 0 Å². The summed E-state index contributed by atoms with van der Waals surface area (Å²) in [6, 6.07) is 8.39. The zero-order chi connectivity index (χ0) is 8.97. The lowest BCUT2D eigenvalue weighted by atomic mass is 10.3. The first kappa shape index (κ1) is 12.1. The number of anilines is 1. The van der Waals surface area contributed by atoms with Crippen LogP contribution < -0.4 is 10.1 Å². The maximum absolute atomic E-state index is 5.05. The third-order valence-corrected chi connectivity index (χ3v) is 1.55. The highest BCUT2D eigenvalue weighted by molar-refractivity contribution is 5.85. The van der Waals surface area contributed by atoms with Crippen molar-refractivity contribution in [2.75, 3.05) is 12.4 Å². The Kier molecular flexibility index (Phi) is 5.31. The molecule has 1 rings (SSSR count). The van der Waals surface area contributed by atoms with Crippen LogP contribution in [0.4, 0.5) is 5.69 Å². The highest BCUT2D eigenvalue weighted by atomic mass is 35.5. The molecule has 0 bridgehead atoms. The molecule has 0 radical (unpaired) electrons. The SMILES string of the molecule is COc1ccc(NC(C)C)cc1.Cl. The van der Waals surface area contributed by atoms with Crippen molar-refractivity contribution in [2.45, 2.75) is 19.9 Å². The standard InChI is InChI=1S/C10H15NO.ClH/c1-8(2)11-9-4-6-10(12-3)7-5-9;/h4-8,11H,1-3H3;1H. The smallest absolute Gasteiger partial charge is 0.119 e. The first-order valence-electron chi connectivity index (χ1n) is 4.13. The van der Waals surface area contributed by atoms with Crippen LogP contribution in [0.15, 0.2) is 24.3 Å². The largest absolute Gasteiger partial charge is 0.497 e. The summed E-state index contributed by atoms with van der Waals surface area (Å²) in [5.41, 5.74) is 1.13. The molecule has 0 atom stereocenters. The molecule has 0 amide bonds. The van der Waals surface area contributed by atoms with E-state index in [1.165, 1.54) is 0 Å². The molecular weight excluding hydrogens is 186 g/mol. The monoisotopic (exact) mass is 201 g/mol. The normalized spacial score (nSPS) is 9.23. The molecule has 13 heavy (non-hydrogen) atoms. The molecular formula is C10H16ClNO. The fourth-order valence-electron chi connectivity index (χ4n) is 1.02. The Balaban J connectivity index is 0.00000144. The molecule has 3 heteroatoms. The molecule has 0 saturated heterocycles. The van der Waals surface area contributed by atoms with Crippen molar-refractivity contribution in [3.05, 3.63) is 24.3 Å². The van der Waals surface area contributed by atoms with E-state index in [-0.39, 0.29) is 12.4 Å². The van der Waals surface area contributed by atoms with Crippen LogP contribution in [0.2, 0.25) is 0 Å². The van der Waals surface area contributed by atoms with Crippen molar-refractivity contribution in [1.29, 1.82) is 0 Å². The molecule has 1 aromatic rings. The summed E-state index contributed by atoms with van der Waals surface area (Å²) < 4.78 is 5.05. The zero-order valence-corrected chi connectivity index (χ0v) is 9.02. The first-order chi connectivity index (χ1) is 5.72. The van der Waals surface area contributed by atoms with E-state index in [1.54, 1.807) is 7.11 Å². The lowest BCUT2D eigenvalue weighted by molar-refractivity contribution is 0.415. The molecule has 0 spiro atoms. The summed E-state index contributed by atoms with van der Waals surface area (Å²) in [5.74, 6) is 0.893. The molecule has 2 nitrogen and oxygen atoms in total. The Morgan fingerprint density at radius 3 is 2.08 bits per heavy atom. The number of methoxy groups -OCH3 is 1. The summed E-state index contributed by atoms with van der Waals surface area (Å²) in [4.78, 5) is 0. The summed E-state index contributed by atoms with van der Waals surface area (Å²) >= 11 is 0. The number of hydrogen-bond acceptors (Lipinski definition) is 2. The van der Waals surface area contributed by atoms with Gasteiger partial charge in [0.2, 0.25) is 0 Å². The van der Waals surface area contributed by atoms with Crippen LogP contribution in [0.5, 0.6) is 5.75 Å². The highest BCUT2D eigenvalue weighted by Gasteiger charge is 1.94. The fourth-order valence-corrected chi connectivity index (χ4v) is 1.02. The highest BCUT2D eigenvalue weighted by Crippen LogP contribution is 2.15. The third-order valence-electron chi connectivity index (χ3n) is 1.55. The predicted molar refractivity (Wildman–Crippen MR) is 59.0 cm³/mol. The van der Waals surface area contributed by atoms with Crippen molar-refractivity contribution in [1.82, 2.24) is 0 Å². The van der Waals surface area contributed by atoms with E-state index < -0.39 is 0 Å². The van der Waals surface area contributed by atoms with E-state index in [0.29, 0.717) is 6.04 Å². The maximum atomic E-state index is 5.05. The van der Waals surface area contributed by atoms with Gasteiger partial charge in [-0.2, -0.15) is 0 Å². The van der Waals surface area contributed by atoms with Gasteiger partial charge in [0, 0.05) is 11.7 Å². The van der Waals surface area contributed by atoms with Gasteiger partial charge in [0.1, 0.15) is 5.75 Å². The first-order valence-corrected chi connectivity index (χ1v) is 4.13. The van der Waals surface area contributed by atoms with Gasteiger partial charge in [0.05, 0.1) is 7.11 Å². The molecule has 0 aliphatic rings. The van der Waals surface area contributed by atoms with Gasteiger partial charge in [-0.05, 0) is 38.1 Å². The van der Waals surface area contributed by atoms with E-state index in [2.05, 4.69) is 19.2 Å². The molecule has 0 fully saturated rings. The van der Waals surface area contributed by atoms with Crippen molar-refractivity contribution >= 4 is 18.1 Å². The molecule has 0 heterocycles. The van der Waals surface area contributed by atoms with Crippen LogP contribution in [0.3, 0.4) is 0 Å². The lowest BCUT2D eigenvalue weighted by Crippen LogP contribution is -2.09. The maximum Gasteiger partial charge on any atom is 0.119 e. The number of rotatable bonds is 3. The second kappa shape index (κ2) is 5.70. The van der Waals surface area contributed by atoms with Crippen LogP contribution in [0.25, 0.3) is 0 Å². The molecule has 0 aliphatic carbocycles. The summed E-state index contributed by atoms with van der Waals surface area (Å²) in [6.07, 6.45) is 0. The second-order valence-electron chi connectivity index (χ2n) is 3.03. The van der Waals surface area contributed by atoms with Crippen LogP contribution in [0, 0.1) is 0 Å². The fraction of sp³-hybridized carbons (Fsp3) is 0.400. The number of ether oxygens (including phenoxy) is 1. The number of hydrogen-bond donors (Lipinski definition) is 1. The third kappa shape index (κ3) is 4.04. The van der Waals surface area contributed by atoms with E-state index in [9.17, 15) is 0 Å². The zero-order valence-electron chi connectivity index (χ0n) is 8.20. The Morgan fingerprint density at radius 2 is 1.69 bits per heavy atom. The summed E-state index contributed by atoms with van der Waals surface area (Å²) in [5, 5.41) is 3.30. The van der Waals surface area contributed by atoms with Gasteiger partial charge >= 0.3 is 0 Å². The molecule has 1 aromatic carbocycles. The minimum absolute atomic E-state index is 0. The van der Waals surface area contributed by atoms with Crippen LogP contribution in [-0.4, -0.2) is 13.2 Å². The van der Waals surface area contributed by atoms with Gasteiger partial charge in [0.25, 0.3) is 0 Å². The lowest BCUT2D eigenvalue weighted by Gasteiger charge is -2.09. The van der Waals surface area contributed by atoms with Crippen molar-refractivity contribution < 1.29 is 4.74 Å². The van der Waals surface area contributed by atoms with Gasteiger partial charge in [-0.25, -0.2) is 0 Å². The summed E-state index contributed by atoms with van der Waals surface area (Å²) in [6.45, 7) is 4.23. The molecule has 74 valence electrons. The molecule has 0 aromatic heterocycles. The molecule has 0 unspecified atom stereocenters. The number of benzene rings is 1. The van der Waals surface area contributed by atoms with E-state index in [0.717, 1.165) is 11.4 Å². The predicted octanol–water partition coefficient (Wildman–Crippen LogP) is 2.94. The Morgan fingerprint density at radius 1 is 1.15 bits per heavy atom. The van der Waals surface area contributed by atoms with Gasteiger partial charge in [-0.3, -0.25) is 0 Å². The summed E-state index contributed by atoms with van der Waals surface area (Å²) in [7, 11) is 1.67. The molecule has 1 N–H and O–H groups in total. The molecule has 0 saturated carbocycles. The second-order valence-corrected chi connectivity index (χ2v) is 3.03. The van der Waals surface area contributed by atoms with Crippen molar-refractivity contribution in [3.8, 4) is 5.75 Å². The van der Waals surface area contributed by atoms with Crippen molar-refractivity contribution in [3.63, 3.8) is 0 Å². The molecule has 0 aliphatic heterocycles. The van der Waals surface area contributed by atoms with Crippen LogP contribution >= 0.6 is 12.4 Å². The minimum Gasteiger partial charge on any atom is -0.497 e. The Bertz CT molecular complexity index is 233. The van der Waals surface area contributed by atoms with E-state index in [1.807, 2.05) is 24.3 Å². The van der Waals surface area contributed by atoms with E-state index >= 15 is 0 Å². The van der Waals surface area contributed by atoms with E-state index in [4.69, 9.17) is 4.74 Å². The average Bonchev–Trinajstić information content (AvgIpc) is 2.05. The van der Waals surface area contributed by atoms with Gasteiger partial charge < -0.3 is 10.1 Å². The number of nitrogens with one attached hydrogen (secondary N) is 1. The number of halogens is 1. The Labute approximate surface area is 85.7 Å². The van der Waals surface area contributed by atoms with Gasteiger partial charge in [-0.15, -0.1) is 12.4 Å². The topological polar surface area (TPSA) is 21.3 Å². The van der Waals surface area contributed by atoms with Crippen LogP contribution in [0.1, 0.15) is 13.8 Å². The van der Waals surface area contributed by atoms with Gasteiger partial charge in [-0.1, -0.05) is 0 Å².